The third kappa shape index (κ3) is 4.06. The van der Waals surface area contributed by atoms with E-state index in [0.717, 1.165) is 22.0 Å². The molecule has 4 aromatic rings. The lowest BCUT2D eigenvalue weighted by molar-refractivity contribution is -0.121. The monoisotopic (exact) mass is 386 g/mol. The lowest BCUT2D eigenvalue weighted by atomic mass is 9.87. The molecule has 0 spiro atoms. The molecule has 0 aliphatic carbocycles. The van der Waals surface area contributed by atoms with Crippen molar-refractivity contribution < 1.29 is 9.18 Å². The first-order chi connectivity index (χ1) is 14.1. The molecule has 0 aliphatic heterocycles. The van der Waals surface area contributed by atoms with E-state index in [1.807, 2.05) is 78.5 Å². The highest BCUT2D eigenvalue weighted by molar-refractivity contribution is 5.86. The summed E-state index contributed by atoms with van der Waals surface area (Å²) in [6.45, 7) is 0.458. The molecule has 0 saturated heterocycles. The van der Waals surface area contributed by atoms with Crippen molar-refractivity contribution in [2.45, 2.75) is 18.9 Å². The van der Waals surface area contributed by atoms with Crippen LogP contribution >= 0.6 is 0 Å². The highest BCUT2D eigenvalue weighted by Crippen LogP contribution is 2.35. The van der Waals surface area contributed by atoms with Crippen molar-refractivity contribution in [1.29, 1.82) is 0 Å². The molecule has 0 radical (unpaired) electrons. The minimum absolute atomic E-state index is 0.102. The Morgan fingerprint density at radius 1 is 0.931 bits per heavy atom. The fraction of sp³-hybridized carbons (Fsp3) is 0.160. The number of fused-ring (bicyclic) bond motifs is 1. The van der Waals surface area contributed by atoms with Gasteiger partial charge in [0, 0.05) is 43.0 Å². The lowest BCUT2D eigenvalue weighted by Gasteiger charge is -2.18. The maximum absolute atomic E-state index is 14.7. The number of halogens is 1. The molecule has 3 aromatic carbocycles. The van der Waals surface area contributed by atoms with Crippen molar-refractivity contribution in [2.24, 2.45) is 7.05 Å². The van der Waals surface area contributed by atoms with E-state index in [4.69, 9.17) is 0 Å². The van der Waals surface area contributed by atoms with Crippen LogP contribution in [0.25, 0.3) is 10.9 Å². The first kappa shape index (κ1) is 18.9. The summed E-state index contributed by atoms with van der Waals surface area (Å²) in [6.07, 6.45) is 2.19. The fourth-order valence-electron chi connectivity index (χ4n) is 3.85. The fourth-order valence-corrected chi connectivity index (χ4v) is 3.85. The number of amides is 1. The van der Waals surface area contributed by atoms with E-state index in [1.54, 1.807) is 12.1 Å². The molecule has 0 unspecified atom stereocenters. The predicted octanol–water partition coefficient (Wildman–Crippen LogP) is 5.16. The van der Waals surface area contributed by atoms with Crippen molar-refractivity contribution in [1.82, 2.24) is 9.88 Å². The van der Waals surface area contributed by atoms with Crippen molar-refractivity contribution in [2.75, 3.05) is 0 Å². The minimum atomic E-state index is -0.363. The van der Waals surface area contributed by atoms with Gasteiger partial charge in [-0.1, -0.05) is 66.7 Å². The van der Waals surface area contributed by atoms with E-state index < -0.39 is 0 Å². The Labute approximate surface area is 169 Å². The molecule has 1 atom stereocenters. The number of nitrogens with zero attached hydrogens (tertiary/aromatic N) is 1. The van der Waals surface area contributed by atoms with Crippen molar-refractivity contribution in [3.63, 3.8) is 0 Å². The Bertz CT molecular complexity index is 1130. The first-order valence-corrected chi connectivity index (χ1v) is 9.72. The van der Waals surface area contributed by atoms with Gasteiger partial charge >= 0.3 is 0 Å². The van der Waals surface area contributed by atoms with Crippen LogP contribution in [0.15, 0.2) is 85.1 Å². The Hall–Kier alpha value is -3.40. The summed E-state index contributed by atoms with van der Waals surface area (Å²) in [5, 5.41) is 4.02. The second-order valence-electron chi connectivity index (χ2n) is 7.25. The van der Waals surface area contributed by atoms with Crippen LogP contribution in [0, 0.1) is 5.82 Å². The number of para-hydroxylation sites is 1. The van der Waals surface area contributed by atoms with E-state index in [2.05, 4.69) is 5.32 Å². The van der Waals surface area contributed by atoms with Gasteiger partial charge in [0.25, 0.3) is 0 Å². The number of rotatable bonds is 6. The molecule has 0 fully saturated rings. The molecule has 1 N–H and O–H groups in total. The Morgan fingerprint density at radius 2 is 1.62 bits per heavy atom. The van der Waals surface area contributed by atoms with E-state index in [-0.39, 0.29) is 24.1 Å². The lowest BCUT2D eigenvalue weighted by Crippen LogP contribution is -2.25. The number of benzene rings is 3. The normalized spacial score (nSPS) is 12.1. The molecular weight excluding hydrogens is 363 g/mol. The molecular formula is C25H23FN2O. The standard InChI is InChI=1S/C25H23FN2O/c1-28-17-22(20-12-6-8-14-24(20)28)21(19-11-5-7-13-23(19)26)15-25(29)27-16-18-9-3-2-4-10-18/h2-14,17,21H,15-16H2,1H3,(H,27,29)/t21-/m0/s1. The molecule has 29 heavy (non-hydrogen) atoms. The van der Waals surface area contributed by atoms with Gasteiger partial charge in [-0.15, -0.1) is 0 Å². The average Bonchev–Trinajstić information content (AvgIpc) is 3.09. The van der Waals surface area contributed by atoms with E-state index in [0.29, 0.717) is 12.1 Å². The molecule has 0 bridgehead atoms. The quantitative estimate of drug-likeness (QED) is 0.488. The first-order valence-electron chi connectivity index (χ1n) is 9.72. The highest BCUT2D eigenvalue weighted by atomic mass is 19.1. The van der Waals surface area contributed by atoms with Crippen molar-refractivity contribution in [3.8, 4) is 0 Å². The summed E-state index contributed by atoms with van der Waals surface area (Å²) in [5.41, 5.74) is 3.60. The predicted molar refractivity (Wildman–Crippen MR) is 114 cm³/mol. The average molecular weight is 386 g/mol. The number of carbonyl (C=O) groups excluding carboxylic acids is 1. The van der Waals surface area contributed by atoms with Crippen LogP contribution in [-0.4, -0.2) is 10.5 Å². The number of hydrogen-bond donors (Lipinski definition) is 1. The van der Waals surface area contributed by atoms with Gasteiger partial charge in [-0.25, -0.2) is 4.39 Å². The summed E-state index contributed by atoms with van der Waals surface area (Å²) in [7, 11) is 1.97. The van der Waals surface area contributed by atoms with Crippen molar-refractivity contribution >= 4 is 16.8 Å². The van der Waals surface area contributed by atoms with E-state index in [1.165, 1.54) is 6.07 Å². The molecule has 1 amide bonds. The van der Waals surface area contributed by atoms with Crippen LogP contribution in [0.3, 0.4) is 0 Å². The van der Waals surface area contributed by atoms with Gasteiger partial charge in [-0.2, -0.15) is 0 Å². The van der Waals surface area contributed by atoms with Crippen LogP contribution in [0.2, 0.25) is 0 Å². The van der Waals surface area contributed by atoms with Gasteiger partial charge in [0.15, 0.2) is 0 Å². The third-order valence-electron chi connectivity index (χ3n) is 5.31. The van der Waals surface area contributed by atoms with Gasteiger partial charge in [-0.05, 0) is 28.8 Å². The second-order valence-corrected chi connectivity index (χ2v) is 7.25. The van der Waals surface area contributed by atoms with Crippen LogP contribution in [0.4, 0.5) is 4.39 Å². The van der Waals surface area contributed by atoms with Gasteiger partial charge < -0.3 is 9.88 Å². The number of aryl methyl sites for hydroxylation is 1. The zero-order valence-electron chi connectivity index (χ0n) is 16.3. The van der Waals surface area contributed by atoms with Gasteiger partial charge in [-0.3, -0.25) is 4.79 Å². The summed E-state index contributed by atoms with van der Waals surface area (Å²) >= 11 is 0. The minimum Gasteiger partial charge on any atom is -0.352 e. The van der Waals surface area contributed by atoms with Crippen LogP contribution in [-0.2, 0) is 18.4 Å². The number of aromatic nitrogens is 1. The number of nitrogens with one attached hydrogen (secondary N) is 1. The van der Waals surface area contributed by atoms with E-state index in [9.17, 15) is 9.18 Å². The largest absolute Gasteiger partial charge is 0.352 e. The molecule has 4 rings (SSSR count). The smallest absolute Gasteiger partial charge is 0.221 e. The molecule has 3 nitrogen and oxygen atoms in total. The zero-order chi connectivity index (χ0) is 20.2. The Morgan fingerprint density at radius 3 is 2.41 bits per heavy atom. The summed E-state index contributed by atoms with van der Waals surface area (Å²) in [4.78, 5) is 12.8. The molecule has 1 aromatic heterocycles. The zero-order valence-corrected chi connectivity index (χ0v) is 16.3. The van der Waals surface area contributed by atoms with Crippen LogP contribution < -0.4 is 5.32 Å². The number of carbonyl (C=O) groups is 1. The molecule has 1 heterocycles. The maximum atomic E-state index is 14.7. The Kier molecular flexibility index (Phi) is 5.43. The van der Waals surface area contributed by atoms with Gasteiger partial charge in [0.05, 0.1) is 0 Å². The summed E-state index contributed by atoms with van der Waals surface area (Å²) in [5.74, 6) is -0.755. The molecule has 146 valence electrons. The number of hydrogen-bond acceptors (Lipinski definition) is 1. The molecule has 0 aliphatic rings. The summed E-state index contributed by atoms with van der Waals surface area (Å²) in [6, 6.07) is 24.5. The highest BCUT2D eigenvalue weighted by Gasteiger charge is 2.24. The second kappa shape index (κ2) is 8.31. The van der Waals surface area contributed by atoms with Gasteiger partial charge in [0.2, 0.25) is 5.91 Å². The summed E-state index contributed by atoms with van der Waals surface area (Å²) < 4.78 is 16.7. The van der Waals surface area contributed by atoms with E-state index >= 15 is 0 Å². The molecule has 4 heteroatoms. The van der Waals surface area contributed by atoms with Gasteiger partial charge in [0.1, 0.15) is 5.82 Å². The van der Waals surface area contributed by atoms with Crippen molar-refractivity contribution in [3.05, 3.63) is 108 Å². The Balaban J connectivity index is 1.66. The maximum Gasteiger partial charge on any atom is 0.221 e. The van der Waals surface area contributed by atoms with Crippen LogP contribution in [0.1, 0.15) is 29.0 Å². The third-order valence-corrected chi connectivity index (χ3v) is 5.31. The molecule has 0 saturated carbocycles. The SMILES string of the molecule is Cn1cc([C@@H](CC(=O)NCc2ccccc2)c2ccccc2F)c2ccccc21. The van der Waals surface area contributed by atoms with Crippen LogP contribution in [0.5, 0.6) is 0 Å². The topological polar surface area (TPSA) is 34.0 Å².